The van der Waals surface area contributed by atoms with Gasteiger partial charge in [0.2, 0.25) is 47.3 Å². The Morgan fingerprint density at radius 3 is 1.21 bits per heavy atom. The van der Waals surface area contributed by atoms with Gasteiger partial charge in [0, 0.05) is 126 Å². The number of hydrogen-bond donors (Lipinski definition) is 6. The summed E-state index contributed by atoms with van der Waals surface area (Å²) in [5.74, 6) is -7.33. The summed E-state index contributed by atoms with van der Waals surface area (Å²) in [4.78, 5) is 200. The summed E-state index contributed by atoms with van der Waals surface area (Å²) in [6.45, 7) is 31.9. The highest BCUT2D eigenvalue weighted by molar-refractivity contribution is 9.09. The maximum Gasteiger partial charge on any atom is 0.410 e. The Bertz CT molecular complexity index is 4550. The lowest BCUT2D eigenvalue weighted by Crippen LogP contribution is -2.55. The van der Waals surface area contributed by atoms with Crippen molar-refractivity contribution in [1.82, 2.24) is 55.6 Å². The van der Waals surface area contributed by atoms with Crippen molar-refractivity contribution in [3.05, 3.63) is 108 Å². The van der Waals surface area contributed by atoms with Gasteiger partial charge in [0.05, 0.1) is 134 Å². The van der Waals surface area contributed by atoms with Crippen LogP contribution in [0.5, 0.6) is 0 Å². The first kappa shape index (κ1) is 125. The molecule has 0 saturated carbocycles. The number of benzene rings is 2. The summed E-state index contributed by atoms with van der Waals surface area (Å²) in [7, 11) is 12.7. The van der Waals surface area contributed by atoms with Crippen molar-refractivity contribution >= 4 is 98.8 Å². The lowest BCUT2D eigenvalue weighted by atomic mass is 9.83. The molecule has 36 heteroatoms. The summed E-state index contributed by atoms with van der Waals surface area (Å²) in [5, 5.41) is 33.4. The van der Waals surface area contributed by atoms with E-state index in [1.165, 1.54) is 43.2 Å². The quantitative estimate of drug-likeness (QED) is 0.0155. The molecule has 2 fully saturated rings. The molecule has 0 radical (unpaired) electrons. The van der Waals surface area contributed by atoms with E-state index in [0.29, 0.717) is 108 Å². The first-order valence-corrected chi connectivity index (χ1v) is 53.8. The van der Waals surface area contributed by atoms with Crippen LogP contribution in [0.3, 0.4) is 0 Å². The van der Waals surface area contributed by atoms with Gasteiger partial charge in [0.25, 0.3) is 11.8 Å². The second-order valence-corrected chi connectivity index (χ2v) is 42.1. The Hall–Kier alpha value is -9.40. The fourth-order valence-corrected chi connectivity index (χ4v) is 21.1. The number of rotatable bonds is 55. The SMILES string of the molecule is CC[C@H](C)[C@@H]([C@@H](CC(=O)N1CCC[C@H]1[C@H](OC)[C@@H](C)C(=O)N[C@H](C)[C@@H](O)c1ccccc1)OC)N(C)C(=O)[C@@H](CC(=O)[C@H](C(C)C)N(C)C(=O)OC1/C=C/CC(OCC(=O)NCCN2C(=O)C=CC2=O)CCC1)C(C)C.CC[C@H](C)[C@@H]([C@@H](CC(=O)N1CCC[C@H]1[C@H](OC)[C@@H](C)C(=O)N[C@H](C)[C@@H](O)c1ccccc1)OC)N(C)C(=O)[C@@H](CC(=O)[C@H](C(C)C)N(C)C(=O)OC1/C=C/CC(OCCNC(=O)CBr)CCC1)C(C)C. The van der Waals surface area contributed by atoms with E-state index in [9.17, 15) is 77.3 Å². The molecular formula is C110H174BrN11O24. The molecule has 2 saturated heterocycles. The number of aliphatic hydroxyl groups excluding tert-OH is 2. The topological polar surface area (TPSA) is 424 Å². The van der Waals surface area contributed by atoms with Gasteiger partial charge in [-0.05, 0) is 150 Å². The summed E-state index contributed by atoms with van der Waals surface area (Å²) in [6.07, 6.45) is 11.5. The van der Waals surface area contributed by atoms with E-state index in [1.54, 1.807) is 101 Å². The van der Waals surface area contributed by atoms with Crippen LogP contribution >= 0.6 is 15.9 Å². The van der Waals surface area contributed by atoms with Crippen molar-refractivity contribution in [2.24, 2.45) is 59.2 Å². The Morgan fingerprint density at radius 1 is 0.466 bits per heavy atom. The zero-order valence-electron chi connectivity index (χ0n) is 91.2. The second kappa shape index (κ2) is 62.9. The number of imide groups is 1. The molecule has 2 aliphatic carbocycles. The van der Waals surface area contributed by atoms with Crippen molar-refractivity contribution in [3.63, 3.8) is 0 Å². The molecule has 12 amide bonds. The first-order valence-electron chi connectivity index (χ1n) is 52.7. The summed E-state index contributed by atoms with van der Waals surface area (Å²) in [5.41, 5.74) is 1.38. The molecule has 4 unspecified atom stereocenters. The van der Waals surface area contributed by atoms with Crippen LogP contribution < -0.4 is 21.3 Å². The van der Waals surface area contributed by atoms with E-state index in [0.717, 1.165) is 24.2 Å². The number of aliphatic hydroxyl groups is 2. The number of carbonyl (C=O) groups is 14. The highest BCUT2D eigenvalue weighted by Gasteiger charge is 2.48. The number of hydrogen-bond acceptors (Lipinski definition) is 24. The molecule has 0 bridgehead atoms. The third-order valence-corrected chi connectivity index (χ3v) is 30.4. The summed E-state index contributed by atoms with van der Waals surface area (Å²) in [6, 6.07) is 13.5. The number of halogens is 1. The molecule has 3 aliphatic heterocycles. The van der Waals surface area contributed by atoms with Gasteiger partial charge in [-0.1, -0.05) is 199 Å². The van der Waals surface area contributed by atoms with E-state index in [-0.39, 0.29) is 163 Å². The number of methoxy groups -OCH3 is 4. The molecule has 5 aliphatic rings. The maximum absolute atomic E-state index is 14.8. The molecule has 24 atom stereocenters. The van der Waals surface area contributed by atoms with Crippen molar-refractivity contribution < 1.29 is 115 Å². The lowest BCUT2D eigenvalue weighted by molar-refractivity contribution is -0.149. The molecule has 820 valence electrons. The number of Topliss-reactive ketones (excluding diaryl/α,β-unsaturated/α-hetero) is 2. The van der Waals surface area contributed by atoms with Crippen LogP contribution in [-0.2, 0) is 95.4 Å². The molecule has 3 heterocycles. The molecule has 0 aromatic heterocycles. The van der Waals surface area contributed by atoms with Gasteiger partial charge < -0.3 is 98.8 Å². The average molecular weight is 2110 g/mol. The maximum atomic E-state index is 14.8. The number of nitrogens with one attached hydrogen (secondary N) is 4. The van der Waals surface area contributed by atoms with Crippen molar-refractivity contribution in [3.8, 4) is 0 Å². The first-order chi connectivity index (χ1) is 69.3. The number of amides is 12. The molecule has 2 aromatic rings. The van der Waals surface area contributed by atoms with E-state index in [4.69, 9.17) is 37.9 Å². The van der Waals surface area contributed by atoms with Gasteiger partial charge in [-0.3, -0.25) is 62.4 Å². The van der Waals surface area contributed by atoms with Crippen LogP contribution in [0.1, 0.15) is 250 Å². The Balaban J connectivity index is 0.000000448. The molecule has 7 rings (SSSR count). The lowest BCUT2D eigenvalue weighted by Gasteiger charge is -2.41. The van der Waals surface area contributed by atoms with E-state index >= 15 is 0 Å². The number of ketones is 2. The minimum absolute atomic E-state index is 0.00936. The van der Waals surface area contributed by atoms with Crippen LogP contribution in [0.4, 0.5) is 9.59 Å². The van der Waals surface area contributed by atoms with Gasteiger partial charge in [0.1, 0.15) is 18.8 Å². The van der Waals surface area contributed by atoms with Gasteiger partial charge in [0.15, 0.2) is 11.6 Å². The smallest absolute Gasteiger partial charge is 0.410 e. The Kier molecular flexibility index (Phi) is 54.0. The summed E-state index contributed by atoms with van der Waals surface area (Å²) < 4.78 is 47.8. The highest BCUT2D eigenvalue weighted by atomic mass is 79.9. The Labute approximate surface area is 875 Å². The third-order valence-electron chi connectivity index (χ3n) is 29.8. The molecular weight excluding hydrogens is 1940 g/mol. The van der Waals surface area contributed by atoms with Gasteiger partial charge in [-0.15, -0.1) is 0 Å². The van der Waals surface area contributed by atoms with Gasteiger partial charge in [-0.2, -0.15) is 0 Å². The van der Waals surface area contributed by atoms with Crippen molar-refractivity contribution in [2.75, 3.05) is 108 Å². The number of likely N-dealkylation sites (N-methyl/N-ethyl adjacent to an activating group) is 4. The zero-order chi connectivity index (χ0) is 109. The number of alkyl halides is 1. The predicted octanol–water partition coefficient (Wildman–Crippen LogP) is 12.3. The van der Waals surface area contributed by atoms with E-state index in [1.807, 2.05) is 150 Å². The fourth-order valence-electron chi connectivity index (χ4n) is 20.9. The molecule has 146 heavy (non-hydrogen) atoms. The number of ether oxygens (including phenoxy) is 8. The van der Waals surface area contributed by atoms with Crippen LogP contribution in [0.15, 0.2) is 97.1 Å². The van der Waals surface area contributed by atoms with Crippen LogP contribution in [0.25, 0.3) is 0 Å². The standard InChI is InChI=1S/C57H88N6O13.C53H86BrN5O11/c1-13-37(6)52(46(73-11)33-50(68)62-30-19-26-44(62)54(74-12)38(7)55(70)59-39(8)53(69)40-20-15-14-16-21-40)60(9)56(71)43(35(2)3)32-45(64)51(36(4)5)61(10)57(72)76-42-24-17-22-41(23-18-25-42)75-34-47(65)58-29-31-63-48(66)27-28-49(63)67;1-13-35(6)48(44(67-11)31-46(62)59-28-19-26-42(59)50(68-12)36(7)51(64)56-37(8)49(63)38-20-15-14-16-21-38)57(9)52(65)41(33(2)3)30-43(60)47(34(4)5)58(10)53(66)70-40-24-17-22-39(23-18-25-40)69-29-27-55-45(61)32-54/h14-17,20-21,24,27-28,35-39,41-44,46,51-54,69H,13,18-19,22-23,25-26,29-34H2,1-12H3,(H,58,65)(H,59,70);14-17,20-21,24,33-37,39-42,44,47-50,63H,13,18-19,22-23,25-32H2,1-12H3,(H,55,61)(H,56,64)/b2*24-17+/t37-,38+,39+,41?,42?,43-,44-,46+,51-,52-,53+,54+;35-,36+,37+,39?,40?,41-,42-,44+,47-,48-,49+,50+/m00/s1. The van der Waals surface area contributed by atoms with E-state index in [2.05, 4.69) is 37.2 Å². The minimum atomic E-state index is -0.915. The fraction of sp³-hybridized carbons (Fsp3) is 0.709. The second-order valence-electron chi connectivity index (χ2n) is 41.6. The molecule has 0 spiro atoms. The normalized spacial score (nSPS) is 21.8. The minimum Gasteiger partial charge on any atom is -0.442 e. The zero-order valence-corrected chi connectivity index (χ0v) is 92.8. The highest BCUT2D eigenvalue weighted by Crippen LogP contribution is 2.37. The molecule has 6 N–H and O–H groups in total. The number of likely N-dealkylation sites (tertiary alicyclic amines) is 2. The largest absolute Gasteiger partial charge is 0.442 e. The van der Waals surface area contributed by atoms with Gasteiger partial charge >= 0.3 is 12.2 Å². The Morgan fingerprint density at radius 2 is 0.849 bits per heavy atom. The van der Waals surface area contributed by atoms with E-state index < -0.39 is 139 Å². The van der Waals surface area contributed by atoms with Crippen molar-refractivity contribution in [2.45, 2.75) is 336 Å². The number of nitrogens with zero attached hydrogens (tertiary/aromatic N) is 7. The average Bonchev–Trinajstić information content (AvgIpc) is 1.58. The summed E-state index contributed by atoms with van der Waals surface area (Å²) >= 11 is 3.13. The van der Waals surface area contributed by atoms with Crippen molar-refractivity contribution in [1.29, 1.82) is 0 Å². The van der Waals surface area contributed by atoms with Gasteiger partial charge in [-0.25, -0.2) is 9.59 Å². The van der Waals surface area contributed by atoms with Crippen LogP contribution in [0, 0.1) is 59.2 Å². The predicted molar refractivity (Wildman–Crippen MR) is 560 cm³/mol. The molecule has 35 nitrogen and oxygen atoms in total. The monoisotopic (exact) mass is 2110 g/mol. The van der Waals surface area contributed by atoms with Crippen LogP contribution in [0.2, 0.25) is 0 Å². The third kappa shape index (κ3) is 36.8. The number of carbonyl (C=O) groups excluding carboxylic acids is 14. The molecule has 2 aromatic carbocycles. The van der Waals surface area contributed by atoms with Crippen LogP contribution in [-0.4, -0.2) is 332 Å².